The second-order valence-electron chi connectivity index (χ2n) is 7.01. The van der Waals surface area contributed by atoms with E-state index in [0.717, 1.165) is 56.8 Å². The Morgan fingerprint density at radius 1 is 1.26 bits per heavy atom. The van der Waals surface area contributed by atoms with Gasteiger partial charge in [0.2, 0.25) is 5.91 Å². The molecule has 0 radical (unpaired) electrons. The molecule has 2 aromatic rings. The van der Waals surface area contributed by atoms with Crippen LogP contribution >= 0.6 is 11.6 Å². The number of furan rings is 1. The van der Waals surface area contributed by atoms with Crippen LogP contribution in [0.4, 0.5) is 8.78 Å². The first kappa shape index (κ1) is 19.8. The monoisotopic (exact) mass is 396 g/mol. The van der Waals surface area contributed by atoms with Crippen LogP contribution in [0.15, 0.2) is 34.7 Å². The molecule has 1 saturated heterocycles. The smallest absolute Gasteiger partial charge is 0.220 e. The molecule has 146 valence electrons. The minimum atomic E-state index is -0.901. The lowest BCUT2D eigenvalue weighted by Gasteiger charge is -2.32. The molecule has 27 heavy (non-hydrogen) atoms. The molecule has 7 heteroatoms. The summed E-state index contributed by atoms with van der Waals surface area (Å²) in [4.78, 5) is 14.4. The van der Waals surface area contributed by atoms with Gasteiger partial charge in [0, 0.05) is 19.5 Å². The second-order valence-corrected chi connectivity index (χ2v) is 7.39. The fourth-order valence-corrected chi connectivity index (χ4v) is 3.62. The van der Waals surface area contributed by atoms with Crippen LogP contribution < -0.4 is 5.32 Å². The van der Waals surface area contributed by atoms with Crippen molar-refractivity contribution in [3.63, 3.8) is 0 Å². The first-order valence-corrected chi connectivity index (χ1v) is 9.54. The third-order valence-corrected chi connectivity index (χ3v) is 5.07. The standard InChI is InChI=1S/C20H23ClF2N2O2/c21-19-7-5-16(27-19)13-25-9-1-2-14(12-25)4-8-20(26)24-11-15-3-6-17(22)18(23)10-15/h3,5-7,10,14H,1-2,4,8-9,11-13H2,(H,24,26). The molecular formula is C20H23ClF2N2O2. The maximum Gasteiger partial charge on any atom is 0.220 e. The number of carbonyl (C=O) groups excluding carboxylic acids is 1. The molecule has 0 saturated carbocycles. The van der Waals surface area contributed by atoms with Crippen LogP contribution in [-0.4, -0.2) is 23.9 Å². The molecular weight excluding hydrogens is 374 g/mol. The lowest BCUT2D eigenvalue weighted by Crippen LogP contribution is -2.35. The summed E-state index contributed by atoms with van der Waals surface area (Å²) in [5.41, 5.74) is 0.545. The van der Waals surface area contributed by atoms with Crippen molar-refractivity contribution in [2.75, 3.05) is 13.1 Å². The van der Waals surface area contributed by atoms with Gasteiger partial charge in [0.05, 0.1) is 6.54 Å². The van der Waals surface area contributed by atoms with Gasteiger partial charge in [0.1, 0.15) is 5.76 Å². The number of nitrogens with zero attached hydrogens (tertiary/aromatic N) is 1. The summed E-state index contributed by atoms with van der Waals surface area (Å²) in [6.45, 7) is 2.86. The first-order valence-electron chi connectivity index (χ1n) is 9.17. The summed E-state index contributed by atoms with van der Waals surface area (Å²) >= 11 is 5.81. The van der Waals surface area contributed by atoms with Crippen LogP contribution in [0.5, 0.6) is 0 Å². The van der Waals surface area contributed by atoms with Gasteiger partial charge in [-0.2, -0.15) is 0 Å². The van der Waals surface area contributed by atoms with Crippen molar-refractivity contribution >= 4 is 17.5 Å². The first-order chi connectivity index (χ1) is 13.0. The maximum atomic E-state index is 13.2. The number of halogens is 3. The Morgan fingerprint density at radius 2 is 2.11 bits per heavy atom. The largest absolute Gasteiger partial charge is 0.448 e. The van der Waals surface area contributed by atoms with Crippen molar-refractivity contribution in [2.24, 2.45) is 5.92 Å². The van der Waals surface area contributed by atoms with Crippen molar-refractivity contribution in [2.45, 2.75) is 38.8 Å². The number of benzene rings is 1. The quantitative estimate of drug-likeness (QED) is 0.748. The molecule has 1 fully saturated rings. The van der Waals surface area contributed by atoms with E-state index in [-0.39, 0.29) is 12.5 Å². The summed E-state index contributed by atoms with van der Waals surface area (Å²) in [6.07, 6.45) is 3.43. The Bertz CT molecular complexity index is 781. The topological polar surface area (TPSA) is 45.5 Å². The Morgan fingerprint density at radius 3 is 2.85 bits per heavy atom. The van der Waals surface area contributed by atoms with E-state index in [9.17, 15) is 13.6 Å². The molecule has 1 N–H and O–H groups in total. The van der Waals surface area contributed by atoms with E-state index in [1.165, 1.54) is 6.07 Å². The van der Waals surface area contributed by atoms with Gasteiger partial charge in [-0.05, 0) is 73.2 Å². The van der Waals surface area contributed by atoms with E-state index >= 15 is 0 Å². The van der Waals surface area contributed by atoms with E-state index in [2.05, 4.69) is 10.2 Å². The van der Waals surface area contributed by atoms with E-state index in [1.54, 1.807) is 6.07 Å². The number of carbonyl (C=O) groups is 1. The highest BCUT2D eigenvalue weighted by Crippen LogP contribution is 2.23. The molecule has 0 bridgehead atoms. The molecule has 3 rings (SSSR count). The van der Waals surface area contributed by atoms with Crippen molar-refractivity contribution in [3.8, 4) is 0 Å². The van der Waals surface area contributed by atoms with Crippen LogP contribution in [0.1, 0.15) is 37.0 Å². The fourth-order valence-electron chi connectivity index (χ4n) is 3.46. The Balaban J connectivity index is 1.39. The minimum Gasteiger partial charge on any atom is -0.448 e. The molecule has 1 aliphatic heterocycles. The van der Waals surface area contributed by atoms with Gasteiger partial charge in [-0.15, -0.1) is 0 Å². The minimum absolute atomic E-state index is 0.0744. The Hall–Kier alpha value is -1.92. The summed E-state index contributed by atoms with van der Waals surface area (Å²) in [5.74, 6) is -0.552. The van der Waals surface area contributed by atoms with Crippen LogP contribution in [0.25, 0.3) is 0 Å². The molecule has 1 amide bonds. The zero-order valence-corrected chi connectivity index (χ0v) is 15.8. The van der Waals surface area contributed by atoms with E-state index in [1.807, 2.05) is 6.07 Å². The number of piperidine rings is 1. The normalized spacial score (nSPS) is 17.8. The van der Waals surface area contributed by atoms with Gasteiger partial charge in [0.25, 0.3) is 0 Å². The predicted octanol–water partition coefficient (Wildman–Crippen LogP) is 4.52. The van der Waals surface area contributed by atoms with Crippen molar-refractivity contribution < 1.29 is 18.0 Å². The van der Waals surface area contributed by atoms with E-state index < -0.39 is 11.6 Å². The predicted molar refractivity (Wildman–Crippen MR) is 99.2 cm³/mol. The highest BCUT2D eigenvalue weighted by molar-refractivity contribution is 6.28. The molecule has 0 spiro atoms. The lowest BCUT2D eigenvalue weighted by molar-refractivity contribution is -0.121. The second kappa shape index (κ2) is 9.33. The van der Waals surface area contributed by atoms with E-state index in [0.29, 0.717) is 23.1 Å². The third kappa shape index (κ3) is 6.04. The van der Waals surface area contributed by atoms with Gasteiger partial charge < -0.3 is 9.73 Å². The summed E-state index contributed by atoms with van der Waals surface area (Å²) < 4.78 is 31.5. The molecule has 1 aromatic heterocycles. The molecule has 2 heterocycles. The van der Waals surface area contributed by atoms with Crippen molar-refractivity contribution in [1.29, 1.82) is 0 Å². The summed E-state index contributed by atoms with van der Waals surface area (Å²) in [6, 6.07) is 7.28. The molecule has 1 atom stereocenters. The van der Waals surface area contributed by atoms with Gasteiger partial charge in [0.15, 0.2) is 16.9 Å². The SMILES string of the molecule is O=C(CCC1CCCN(Cc2ccc(Cl)o2)C1)NCc1ccc(F)c(F)c1. The van der Waals surface area contributed by atoms with E-state index in [4.69, 9.17) is 16.0 Å². The summed E-state index contributed by atoms with van der Waals surface area (Å²) in [5, 5.41) is 3.17. The molecule has 1 unspecified atom stereocenters. The van der Waals surface area contributed by atoms with Gasteiger partial charge in [-0.3, -0.25) is 9.69 Å². The number of rotatable bonds is 7. The van der Waals surface area contributed by atoms with Crippen LogP contribution in [0.2, 0.25) is 5.22 Å². The summed E-state index contributed by atoms with van der Waals surface area (Å²) in [7, 11) is 0. The lowest BCUT2D eigenvalue weighted by atomic mass is 9.93. The third-order valence-electron chi connectivity index (χ3n) is 4.86. The molecule has 0 aliphatic carbocycles. The van der Waals surface area contributed by atoms with Gasteiger partial charge in [-0.1, -0.05) is 6.07 Å². The van der Waals surface area contributed by atoms with Crippen molar-refractivity contribution in [3.05, 3.63) is 58.5 Å². The number of amides is 1. The zero-order chi connectivity index (χ0) is 19.2. The Kier molecular flexibility index (Phi) is 6.85. The molecule has 1 aliphatic rings. The van der Waals surface area contributed by atoms with Gasteiger partial charge in [-0.25, -0.2) is 8.78 Å². The zero-order valence-electron chi connectivity index (χ0n) is 15.0. The van der Waals surface area contributed by atoms with Gasteiger partial charge >= 0.3 is 0 Å². The fraction of sp³-hybridized carbons (Fsp3) is 0.450. The Labute approximate surface area is 162 Å². The number of hydrogen-bond acceptors (Lipinski definition) is 3. The molecule has 4 nitrogen and oxygen atoms in total. The number of nitrogens with one attached hydrogen (secondary N) is 1. The number of likely N-dealkylation sites (tertiary alicyclic amines) is 1. The van der Waals surface area contributed by atoms with Crippen LogP contribution in [0, 0.1) is 17.6 Å². The van der Waals surface area contributed by atoms with Crippen molar-refractivity contribution in [1.82, 2.24) is 10.2 Å². The number of hydrogen-bond donors (Lipinski definition) is 1. The average molecular weight is 397 g/mol. The average Bonchev–Trinajstić information content (AvgIpc) is 3.06. The molecule has 1 aromatic carbocycles. The maximum absolute atomic E-state index is 13.2. The highest BCUT2D eigenvalue weighted by Gasteiger charge is 2.21. The van der Waals surface area contributed by atoms with Crippen LogP contribution in [0.3, 0.4) is 0 Å². The van der Waals surface area contributed by atoms with Crippen LogP contribution in [-0.2, 0) is 17.9 Å². The highest BCUT2D eigenvalue weighted by atomic mass is 35.5.